The molecule has 1 aliphatic carbocycles. The van der Waals surface area contributed by atoms with Crippen LogP contribution in [0, 0.1) is 0 Å². The zero-order valence-corrected chi connectivity index (χ0v) is 16.1. The van der Waals surface area contributed by atoms with Gasteiger partial charge in [0, 0.05) is 12.6 Å². The monoisotopic (exact) mass is 367 g/mol. The molecule has 3 heteroatoms. The highest BCUT2D eigenvalue weighted by Gasteiger charge is 2.27. The molecule has 0 unspecified atom stereocenters. The molecule has 0 bridgehead atoms. The number of amides is 1. The third-order valence-corrected chi connectivity index (χ3v) is 5.34. The summed E-state index contributed by atoms with van der Waals surface area (Å²) in [4.78, 5) is 15.3. The van der Waals surface area contributed by atoms with Crippen molar-refractivity contribution >= 4 is 23.6 Å². The number of hydrogen-bond donors (Lipinski definition) is 0. The van der Waals surface area contributed by atoms with Gasteiger partial charge in [0.2, 0.25) is 0 Å². The summed E-state index contributed by atoms with van der Waals surface area (Å²) in [6, 6.07) is 17.9. The highest BCUT2D eigenvalue weighted by atomic mass is 35.5. The molecule has 0 aliphatic heterocycles. The van der Waals surface area contributed by atoms with Gasteiger partial charge in [-0.1, -0.05) is 85.0 Å². The van der Waals surface area contributed by atoms with Crippen molar-refractivity contribution < 1.29 is 4.79 Å². The van der Waals surface area contributed by atoms with Gasteiger partial charge in [-0.15, -0.1) is 0 Å². The molecule has 0 saturated heterocycles. The van der Waals surface area contributed by atoms with E-state index >= 15 is 0 Å². The van der Waals surface area contributed by atoms with E-state index in [-0.39, 0.29) is 5.91 Å². The maximum absolute atomic E-state index is 13.3. The fraction of sp³-hybridized carbons (Fsp3) is 0.348. The molecule has 2 aromatic carbocycles. The smallest absolute Gasteiger partial charge is 0.255 e. The number of benzene rings is 2. The van der Waals surface area contributed by atoms with E-state index in [2.05, 4.69) is 25.1 Å². The molecule has 26 heavy (non-hydrogen) atoms. The molecule has 0 N–H and O–H groups in total. The Hall–Kier alpha value is -2.06. The molecule has 0 heterocycles. The van der Waals surface area contributed by atoms with Gasteiger partial charge in [0.05, 0.1) is 10.6 Å². The first-order chi connectivity index (χ1) is 12.6. The summed E-state index contributed by atoms with van der Waals surface area (Å²) in [5, 5.41) is 0.531. The van der Waals surface area contributed by atoms with Gasteiger partial charge in [-0.2, -0.15) is 0 Å². The number of rotatable bonds is 5. The summed E-state index contributed by atoms with van der Waals surface area (Å²) < 4.78 is 0. The Balaban J connectivity index is 1.84. The normalized spacial score (nSPS) is 15.7. The van der Waals surface area contributed by atoms with E-state index in [4.69, 9.17) is 11.6 Å². The lowest BCUT2D eigenvalue weighted by Gasteiger charge is -2.35. The number of carbonyl (C=O) groups is 1. The van der Waals surface area contributed by atoms with Gasteiger partial charge in [0.15, 0.2) is 0 Å². The molecule has 2 aromatic rings. The van der Waals surface area contributed by atoms with Gasteiger partial charge < -0.3 is 4.90 Å². The molecule has 1 aliphatic rings. The summed E-state index contributed by atoms with van der Waals surface area (Å²) in [6.07, 6.45) is 7.97. The molecule has 136 valence electrons. The van der Waals surface area contributed by atoms with Crippen LogP contribution in [0.3, 0.4) is 0 Å². The molecule has 1 amide bonds. The third kappa shape index (κ3) is 4.76. The zero-order chi connectivity index (χ0) is 18.4. The number of carbonyl (C=O) groups excluding carboxylic acids is 1. The van der Waals surface area contributed by atoms with E-state index in [1.807, 2.05) is 41.3 Å². The molecule has 2 nitrogen and oxygen atoms in total. The molecule has 3 rings (SSSR count). The second-order valence-electron chi connectivity index (χ2n) is 7.11. The van der Waals surface area contributed by atoms with Crippen molar-refractivity contribution in [3.8, 4) is 0 Å². The van der Waals surface area contributed by atoms with E-state index in [1.165, 1.54) is 30.4 Å². The third-order valence-electron chi connectivity index (χ3n) is 5.01. The van der Waals surface area contributed by atoms with Crippen molar-refractivity contribution in [1.29, 1.82) is 0 Å². The molecular weight excluding hydrogens is 342 g/mol. The molecule has 0 spiro atoms. The number of halogens is 1. The minimum atomic E-state index is 0.0447. The van der Waals surface area contributed by atoms with Crippen LogP contribution in [0.2, 0.25) is 5.02 Å². The van der Waals surface area contributed by atoms with Crippen LogP contribution in [0.15, 0.2) is 60.2 Å². The predicted octanol–water partition coefficient (Wildman–Crippen LogP) is 6.22. The Kier molecular flexibility index (Phi) is 6.51. The van der Waals surface area contributed by atoms with Crippen molar-refractivity contribution in [2.45, 2.75) is 45.1 Å². The van der Waals surface area contributed by atoms with E-state index in [0.29, 0.717) is 23.2 Å². The van der Waals surface area contributed by atoms with Crippen LogP contribution >= 0.6 is 11.6 Å². The van der Waals surface area contributed by atoms with Gasteiger partial charge >= 0.3 is 0 Å². The van der Waals surface area contributed by atoms with E-state index in [0.717, 1.165) is 12.8 Å². The average Bonchev–Trinajstić information content (AvgIpc) is 2.67. The minimum Gasteiger partial charge on any atom is -0.332 e. The molecule has 0 aromatic heterocycles. The van der Waals surface area contributed by atoms with Crippen LogP contribution in [0.25, 0.3) is 6.08 Å². The van der Waals surface area contributed by atoms with Gasteiger partial charge in [0.1, 0.15) is 0 Å². The predicted molar refractivity (Wildman–Crippen MR) is 109 cm³/mol. The van der Waals surface area contributed by atoms with Crippen molar-refractivity contribution in [3.63, 3.8) is 0 Å². The van der Waals surface area contributed by atoms with Crippen LogP contribution in [-0.4, -0.2) is 23.4 Å². The maximum atomic E-state index is 13.3. The van der Waals surface area contributed by atoms with Crippen LogP contribution < -0.4 is 0 Å². The van der Waals surface area contributed by atoms with E-state index < -0.39 is 0 Å². The lowest BCUT2D eigenvalue weighted by atomic mass is 9.93. The van der Waals surface area contributed by atoms with Crippen molar-refractivity contribution in [1.82, 2.24) is 4.90 Å². The lowest BCUT2D eigenvalue weighted by Crippen LogP contribution is -2.42. The van der Waals surface area contributed by atoms with Gasteiger partial charge in [-0.05, 0) is 37.5 Å². The number of hydrogen-bond acceptors (Lipinski definition) is 1. The second kappa shape index (κ2) is 9.05. The van der Waals surface area contributed by atoms with E-state index in [9.17, 15) is 4.79 Å². The van der Waals surface area contributed by atoms with Gasteiger partial charge in [-0.25, -0.2) is 0 Å². The van der Waals surface area contributed by atoms with Crippen LogP contribution in [0.1, 0.15) is 54.9 Å². The molecule has 0 radical (unpaired) electrons. The molecular formula is C23H26ClNO. The standard InChI is InChI=1S/C23H26ClNO/c1-18(16-19-10-4-2-5-11-19)17-25(20-12-6-3-7-13-20)23(26)21-14-8-9-15-22(21)24/h2,4-5,8-11,14-16,20H,3,6-7,12-13,17H2,1H3/b18-16+. The fourth-order valence-corrected chi connectivity index (χ4v) is 3.91. The summed E-state index contributed by atoms with van der Waals surface area (Å²) in [5.74, 6) is 0.0447. The summed E-state index contributed by atoms with van der Waals surface area (Å²) in [6.45, 7) is 2.74. The molecule has 1 fully saturated rings. The largest absolute Gasteiger partial charge is 0.332 e. The average molecular weight is 368 g/mol. The molecule has 1 saturated carbocycles. The summed E-state index contributed by atoms with van der Waals surface area (Å²) in [7, 11) is 0. The first kappa shape index (κ1) is 18.7. The number of nitrogens with zero attached hydrogens (tertiary/aromatic N) is 1. The van der Waals surface area contributed by atoms with Crippen molar-refractivity contribution in [2.75, 3.05) is 6.54 Å². The van der Waals surface area contributed by atoms with E-state index in [1.54, 1.807) is 6.07 Å². The van der Waals surface area contributed by atoms with Crippen LogP contribution in [0.5, 0.6) is 0 Å². The second-order valence-corrected chi connectivity index (χ2v) is 7.51. The lowest BCUT2D eigenvalue weighted by molar-refractivity contribution is 0.0657. The Labute approximate surface area is 161 Å². The Morgan fingerprint density at radius 1 is 1.04 bits per heavy atom. The minimum absolute atomic E-state index is 0.0447. The fourth-order valence-electron chi connectivity index (χ4n) is 3.70. The van der Waals surface area contributed by atoms with Crippen molar-refractivity contribution in [3.05, 3.63) is 76.3 Å². The van der Waals surface area contributed by atoms with Gasteiger partial charge in [-0.3, -0.25) is 4.79 Å². The maximum Gasteiger partial charge on any atom is 0.255 e. The summed E-state index contributed by atoms with van der Waals surface area (Å²) in [5.41, 5.74) is 2.95. The summed E-state index contributed by atoms with van der Waals surface area (Å²) >= 11 is 6.31. The Bertz CT molecular complexity index is 763. The van der Waals surface area contributed by atoms with Crippen LogP contribution in [0.4, 0.5) is 0 Å². The first-order valence-electron chi connectivity index (χ1n) is 9.43. The topological polar surface area (TPSA) is 20.3 Å². The van der Waals surface area contributed by atoms with Crippen LogP contribution in [-0.2, 0) is 0 Å². The highest BCUT2D eigenvalue weighted by Crippen LogP contribution is 2.27. The van der Waals surface area contributed by atoms with Crippen molar-refractivity contribution in [2.24, 2.45) is 0 Å². The zero-order valence-electron chi connectivity index (χ0n) is 15.3. The highest BCUT2D eigenvalue weighted by molar-refractivity contribution is 6.33. The van der Waals surface area contributed by atoms with Gasteiger partial charge in [0.25, 0.3) is 5.91 Å². The molecule has 0 atom stereocenters. The SMILES string of the molecule is C/C(=C\c1ccccc1)CN(C(=O)c1ccccc1Cl)C1CCCCC1. The Morgan fingerprint density at radius 3 is 2.38 bits per heavy atom. The quantitative estimate of drug-likeness (QED) is 0.614. The Morgan fingerprint density at radius 2 is 1.69 bits per heavy atom. The first-order valence-corrected chi connectivity index (χ1v) is 9.80.